The predicted molar refractivity (Wildman–Crippen MR) is 97.5 cm³/mol. The number of hydrogen-bond donors (Lipinski definition) is 2. The van der Waals surface area contributed by atoms with Gasteiger partial charge in [-0.2, -0.15) is 5.10 Å². The normalized spacial score (nSPS) is 11.5. The van der Waals surface area contributed by atoms with E-state index in [1.807, 2.05) is 35.3 Å². The number of nitrogens with zero attached hydrogens (tertiary/aromatic N) is 4. The summed E-state index contributed by atoms with van der Waals surface area (Å²) in [5, 5.41) is 11.9. The van der Waals surface area contributed by atoms with E-state index >= 15 is 0 Å². The third-order valence-electron chi connectivity index (χ3n) is 3.44. The van der Waals surface area contributed by atoms with Crippen molar-refractivity contribution in [3.8, 4) is 5.69 Å². The van der Waals surface area contributed by atoms with E-state index in [1.54, 1.807) is 24.6 Å². The molecule has 0 saturated heterocycles. The van der Waals surface area contributed by atoms with Gasteiger partial charge in [0, 0.05) is 37.1 Å². The number of thiazole rings is 1. The minimum absolute atomic E-state index is 0.672. The third-order valence-corrected chi connectivity index (χ3v) is 4.35. The van der Waals surface area contributed by atoms with E-state index < -0.39 is 0 Å². The molecular weight excluding hydrogens is 320 g/mol. The number of aryl methyl sites for hydroxylation is 1. The number of nitrogens with one attached hydrogen (secondary N) is 2. The van der Waals surface area contributed by atoms with Crippen LogP contribution in [0.2, 0.25) is 0 Å². The van der Waals surface area contributed by atoms with Crippen LogP contribution in [0.3, 0.4) is 0 Å². The quantitative estimate of drug-likeness (QED) is 0.553. The number of rotatable bonds is 5. The van der Waals surface area contributed by atoms with Crippen molar-refractivity contribution in [1.82, 2.24) is 25.4 Å². The van der Waals surface area contributed by atoms with Crippen LogP contribution in [-0.2, 0) is 13.1 Å². The van der Waals surface area contributed by atoms with Gasteiger partial charge in [-0.15, -0.1) is 11.3 Å². The van der Waals surface area contributed by atoms with E-state index in [-0.39, 0.29) is 0 Å². The van der Waals surface area contributed by atoms with Crippen LogP contribution in [0.25, 0.3) is 5.69 Å². The smallest absolute Gasteiger partial charge is 0.191 e. The molecule has 2 N–H and O–H groups in total. The van der Waals surface area contributed by atoms with Crippen LogP contribution in [0.15, 0.2) is 53.9 Å². The first-order valence-electron chi connectivity index (χ1n) is 7.69. The van der Waals surface area contributed by atoms with Gasteiger partial charge in [-0.1, -0.05) is 12.1 Å². The van der Waals surface area contributed by atoms with Gasteiger partial charge < -0.3 is 10.6 Å². The van der Waals surface area contributed by atoms with Gasteiger partial charge in [-0.05, 0) is 30.7 Å². The van der Waals surface area contributed by atoms with E-state index in [9.17, 15) is 0 Å². The highest BCUT2D eigenvalue weighted by Crippen LogP contribution is 2.11. The lowest BCUT2D eigenvalue weighted by atomic mass is 10.2. The van der Waals surface area contributed by atoms with Gasteiger partial charge in [0.05, 0.1) is 12.2 Å². The Morgan fingerprint density at radius 2 is 2.12 bits per heavy atom. The van der Waals surface area contributed by atoms with E-state index in [0.29, 0.717) is 13.1 Å². The van der Waals surface area contributed by atoms with Crippen LogP contribution in [0.5, 0.6) is 0 Å². The summed E-state index contributed by atoms with van der Waals surface area (Å²) in [6.07, 6.45) is 5.60. The van der Waals surface area contributed by atoms with Crippen molar-refractivity contribution in [2.45, 2.75) is 20.0 Å². The Morgan fingerprint density at radius 1 is 1.25 bits per heavy atom. The Morgan fingerprint density at radius 3 is 2.83 bits per heavy atom. The zero-order valence-corrected chi connectivity index (χ0v) is 14.5. The molecule has 0 radical (unpaired) electrons. The molecule has 3 rings (SSSR count). The lowest BCUT2D eigenvalue weighted by Gasteiger charge is -2.11. The first kappa shape index (κ1) is 16.2. The highest BCUT2D eigenvalue weighted by atomic mass is 32.1. The summed E-state index contributed by atoms with van der Waals surface area (Å²) in [7, 11) is 1.77. The molecule has 6 nitrogen and oxygen atoms in total. The standard InChI is InChI=1S/C17H20N6S/c1-13-10-19-16(24-13)12-21-17(18-2)20-11-14-5-3-6-15(9-14)23-8-4-7-22-23/h3-10H,11-12H2,1-2H3,(H2,18,20,21). The van der Waals surface area contributed by atoms with E-state index in [4.69, 9.17) is 0 Å². The summed E-state index contributed by atoms with van der Waals surface area (Å²) in [5.74, 6) is 0.757. The monoisotopic (exact) mass is 340 g/mol. The number of benzene rings is 1. The van der Waals surface area contributed by atoms with E-state index in [0.717, 1.165) is 22.2 Å². The Hall–Kier alpha value is -2.67. The Kier molecular flexibility index (Phi) is 5.22. The van der Waals surface area contributed by atoms with Gasteiger partial charge in [-0.3, -0.25) is 4.99 Å². The SMILES string of the molecule is CN=C(NCc1cccc(-n2cccn2)c1)NCc1ncc(C)s1. The Bertz CT molecular complexity index is 806. The summed E-state index contributed by atoms with van der Waals surface area (Å²) in [4.78, 5) is 9.81. The third kappa shape index (κ3) is 4.20. The molecule has 0 amide bonds. The second-order valence-electron chi connectivity index (χ2n) is 5.26. The van der Waals surface area contributed by atoms with Crippen molar-refractivity contribution in [3.63, 3.8) is 0 Å². The first-order chi connectivity index (χ1) is 11.7. The van der Waals surface area contributed by atoms with Crippen LogP contribution < -0.4 is 10.6 Å². The Balaban J connectivity index is 1.56. The summed E-state index contributed by atoms with van der Waals surface area (Å²) in [5.41, 5.74) is 2.21. The molecular formula is C17H20N6S. The van der Waals surface area contributed by atoms with Crippen molar-refractivity contribution >= 4 is 17.3 Å². The number of aliphatic imine (C=N–C) groups is 1. The van der Waals surface area contributed by atoms with Gasteiger partial charge in [0.1, 0.15) is 5.01 Å². The average molecular weight is 340 g/mol. The predicted octanol–water partition coefficient (Wildman–Crippen LogP) is 2.50. The molecule has 0 spiro atoms. The molecule has 0 bridgehead atoms. The fraction of sp³-hybridized carbons (Fsp3) is 0.235. The lowest BCUT2D eigenvalue weighted by molar-refractivity contribution is 0.802. The highest BCUT2D eigenvalue weighted by molar-refractivity contribution is 7.11. The van der Waals surface area contributed by atoms with Crippen molar-refractivity contribution in [1.29, 1.82) is 0 Å². The lowest BCUT2D eigenvalue weighted by Crippen LogP contribution is -2.36. The Labute approximate surface area is 145 Å². The zero-order valence-electron chi connectivity index (χ0n) is 13.7. The van der Waals surface area contributed by atoms with E-state index in [2.05, 4.69) is 44.8 Å². The van der Waals surface area contributed by atoms with Gasteiger partial charge in [0.2, 0.25) is 0 Å². The maximum absolute atomic E-state index is 4.34. The zero-order chi connectivity index (χ0) is 16.8. The molecule has 3 aromatic rings. The molecule has 0 atom stereocenters. The topological polar surface area (TPSA) is 67.1 Å². The number of guanidine groups is 1. The van der Waals surface area contributed by atoms with Gasteiger partial charge in [-0.25, -0.2) is 9.67 Å². The fourth-order valence-corrected chi connectivity index (χ4v) is 3.01. The highest BCUT2D eigenvalue weighted by Gasteiger charge is 2.03. The molecule has 2 heterocycles. The van der Waals surface area contributed by atoms with Crippen LogP contribution in [0, 0.1) is 6.92 Å². The second-order valence-corrected chi connectivity index (χ2v) is 6.58. The van der Waals surface area contributed by atoms with Crippen molar-refractivity contribution < 1.29 is 0 Å². The number of aromatic nitrogens is 3. The molecule has 0 fully saturated rings. The summed E-state index contributed by atoms with van der Waals surface area (Å²) in [6, 6.07) is 10.2. The molecule has 2 aromatic heterocycles. The van der Waals surface area contributed by atoms with Crippen molar-refractivity contribution in [2.24, 2.45) is 4.99 Å². The molecule has 24 heavy (non-hydrogen) atoms. The van der Waals surface area contributed by atoms with Gasteiger partial charge >= 0.3 is 0 Å². The maximum Gasteiger partial charge on any atom is 0.191 e. The second kappa shape index (κ2) is 7.74. The largest absolute Gasteiger partial charge is 0.352 e. The molecule has 1 aromatic carbocycles. The van der Waals surface area contributed by atoms with Gasteiger partial charge in [0.15, 0.2) is 5.96 Å². The average Bonchev–Trinajstić information content (AvgIpc) is 3.27. The summed E-state index contributed by atoms with van der Waals surface area (Å²) >= 11 is 1.69. The van der Waals surface area contributed by atoms with Crippen molar-refractivity contribution in [3.05, 3.63) is 64.4 Å². The van der Waals surface area contributed by atoms with E-state index in [1.165, 1.54) is 4.88 Å². The maximum atomic E-state index is 4.34. The molecule has 0 saturated carbocycles. The molecule has 0 unspecified atom stereocenters. The first-order valence-corrected chi connectivity index (χ1v) is 8.51. The fourth-order valence-electron chi connectivity index (χ4n) is 2.28. The van der Waals surface area contributed by atoms with Crippen LogP contribution >= 0.6 is 11.3 Å². The van der Waals surface area contributed by atoms with Crippen LogP contribution in [-0.4, -0.2) is 27.8 Å². The minimum Gasteiger partial charge on any atom is -0.352 e. The molecule has 0 aliphatic carbocycles. The minimum atomic E-state index is 0.672. The molecule has 0 aliphatic rings. The van der Waals surface area contributed by atoms with Crippen LogP contribution in [0.1, 0.15) is 15.4 Å². The van der Waals surface area contributed by atoms with Gasteiger partial charge in [0.25, 0.3) is 0 Å². The van der Waals surface area contributed by atoms with Crippen LogP contribution in [0.4, 0.5) is 0 Å². The van der Waals surface area contributed by atoms with Crippen molar-refractivity contribution in [2.75, 3.05) is 7.05 Å². The number of hydrogen-bond acceptors (Lipinski definition) is 4. The molecule has 7 heteroatoms. The summed E-state index contributed by atoms with van der Waals surface area (Å²) < 4.78 is 1.85. The summed E-state index contributed by atoms with van der Waals surface area (Å²) in [6.45, 7) is 3.41. The molecule has 124 valence electrons. The molecule has 0 aliphatic heterocycles.